The van der Waals surface area contributed by atoms with E-state index in [4.69, 9.17) is 9.47 Å². The molecule has 0 spiro atoms. The van der Waals surface area contributed by atoms with E-state index in [0.29, 0.717) is 18.8 Å². The molecule has 1 rings (SSSR count). The van der Waals surface area contributed by atoms with Crippen LogP contribution in [-0.4, -0.2) is 30.7 Å². The number of benzene rings is 1. The Morgan fingerprint density at radius 3 is 2.89 bits per heavy atom. The molecule has 6 nitrogen and oxygen atoms in total. The van der Waals surface area contributed by atoms with Gasteiger partial charge >= 0.3 is 5.97 Å². The van der Waals surface area contributed by atoms with Crippen molar-refractivity contribution in [1.29, 1.82) is 0 Å². The Labute approximate surface area is 110 Å². The maximum atomic E-state index is 11.3. The van der Waals surface area contributed by atoms with Gasteiger partial charge < -0.3 is 9.47 Å². The largest absolute Gasteiger partial charge is 0.460 e. The lowest BCUT2D eigenvalue weighted by atomic mass is 10.2. The van der Waals surface area contributed by atoms with Gasteiger partial charge in [-0.05, 0) is 18.6 Å². The zero-order valence-corrected chi connectivity index (χ0v) is 10.6. The van der Waals surface area contributed by atoms with Crippen molar-refractivity contribution in [1.82, 2.24) is 0 Å². The number of esters is 1. The first-order valence-electron chi connectivity index (χ1n) is 5.80. The summed E-state index contributed by atoms with van der Waals surface area (Å²) in [4.78, 5) is 21.4. The number of carbonyl (C=O) groups is 1. The summed E-state index contributed by atoms with van der Waals surface area (Å²) in [5.41, 5.74) is 0.544. The molecular formula is C13H15NO5. The summed E-state index contributed by atoms with van der Waals surface area (Å²) in [5.74, 6) is -0.508. The zero-order chi connectivity index (χ0) is 14.1. The third kappa shape index (κ3) is 5.78. The molecular weight excluding hydrogens is 250 g/mol. The van der Waals surface area contributed by atoms with E-state index >= 15 is 0 Å². The topological polar surface area (TPSA) is 78.7 Å². The smallest absolute Gasteiger partial charge is 0.330 e. The summed E-state index contributed by atoms with van der Waals surface area (Å²) in [7, 11) is 0. The molecule has 0 N–H and O–H groups in total. The van der Waals surface area contributed by atoms with Crippen LogP contribution in [-0.2, 0) is 14.3 Å². The molecule has 0 saturated carbocycles. The molecule has 0 bridgehead atoms. The summed E-state index contributed by atoms with van der Waals surface area (Å²) in [5, 5.41) is 10.6. The van der Waals surface area contributed by atoms with E-state index in [9.17, 15) is 14.9 Å². The zero-order valence-electron chi connectivity index (χ0n) is 10.6. The molecule has 0 heterocycles. The first kappa shape index (κ1) is 14.8. The SMILES string of the molecule is CCOCCOC(=O)/C=C/c1cccc([N+](=O)[O-])c1. The highest BCUT2D eigenvalue weighted by Gasteiger charge is 2.04. The number of non-ortho nitro benzene ring substituents is 1. The third-order valence-corrected chi connectivity index (χ3v) is 2.17. The van der Waals surface area contributed by atoms with E-state index in [-0.39, 0.29) is 12.3 Å². The molecule has 1 aromatic carbocycles. The van der Waals surface area contributed by atoms with Crippen molar-refractivity contribution >= 4 is 17.7 Å². The van der Waals surface area contributed by atoms with Gasteiger partial charge in [0.25, 0.3) is 5.69 Å². The van der Waals surface area contributed by atoms with Crippen LogP contribution in [0.25, 0.3) is 6.08 Å². The van der Waals surface area contributed by atoms with E-state index in [2.05, 4.69) is 0 Å². The molecule has 0 aliphatic heterocycles. The van der Waals surface area contributed by atoms with Crippen LogP contribution in [0.5, 0.6) is 0 Å². The van der Waals surface area contributed by atoms with Crippen molar-refractivity contribution < 1.29 is 19.2 Å². The van der Waals surface area contributed by atoms with E-state index in [1.54, 1.807) is 12.1 Å². The van der Waals surface area contributed by atoms with E-state index in [1.807, 2.05) is 6.92 Å². The Kier molecular flexibility index (Phi) is 6.25. The van der Waals surface area contributed by atoms with Gasteiger partial charge in [0, 0.05) is 24.8 Å². The van der Waals surface area contributed by atoms with Crippen LogP contribution in [0.3, 0.4) is 0 Å². The Balaban J connectivity index is 2.49. The lowest BCUT2D eigenvalue weighted by molar-refractivity contribution is -0.384. The van der Waals surface area contributed by atoms with Crippen LogP contribution in [0.1, 0.15) is 12.5 Å². The van der Waals surface area contributed by atoms with Crippen LogP contribution in [0.2, 0.25) is 0 Å². The molecule has 0 radical (unpaired) electrons. The highest BCUT2D eigenvalue weighted by Crippen LogP contribution is 2.14. The van der Waals surface area contributed by atoms with E-state index < -0.39 is 10.9 Å². The summed E-state index contributed by atoms with van der Waals surface area (Å²) in [6.45, 7) is 2.96. The van der Waals surface area contributed by atoms with Crippen molar-refractivity contribution in [3.8, 4) is 0 Å². The van der Waals surface area contributed by atoms with E-state index in [1.165, 1.54) is 24.3 Å². The van der Waals surface area contributed by atoms with Gasteiger partial charge in [-0.15, -0.1) is 0 Å². The molecule has 6 heteroatoms. The number of carbonyl (C=O) groups excluding carboxylic acids is 1. The van der Waals surface area contributed by atoms with Crippen LogP contribution in [0, 0.1) is 10.1 Å². The maximum Gasteiger partial charge on any atom is 0.330 e. The third-order valence-electron chi connectivity index (χ3n) is 2.17. The van der Waals surface area contributed by atoms with Crippen LogP contribution >= 0.6 is 0 Å². The Hall–Kier alpha value is -2.21. The van der Waals surface area contributed by atoms with Crippen LogP contribution in [0.4, 0.5) is 5.69 Å². The predicted molar refractivity (Wildman–Crippen MR) is 69.6 cm³/mol. The second-order valence-corrected chi connectivity index (χ2v) is 3.55. The Morgan fingerprint density at radius 2 is 2.21 bits per heavy atom. The Bertz CT molecular complexity index is 470. The second-order valence-electron chi connectivity index (χ2n) is 3.55. The van der Waals surface area contributed by atoms with E-state index in [0.717, 1.165) is 0 Å². The number of nitro benzene ring substituents is 1. The lowest BCUT2D eigenvalue weighted by Gasteiger charge is -2.01. The molecule has 0 saturated heterocycles. The standard InChI is InChI=1S/C13H15NO5/c1-2-18-8-9-19-13(15)7-6-11-4-3-5-12(10-11)14(16)17/h3-7,10H,2,8-9H2,1H3/b7-6+. The molecule has 0 aromatic heterocycles. The predicted octanol–water partition coefficient (Wildman–Crippen LogP) is 2.19. The quantitative estimate of drug-likeness (QED) is 0.248. The number of nitro groups is 1. The summed E-state index contributed by atoms with van der Waals surface area (Å²) < 4.78 is 9.87. The van der Waals surface area contributed by atoms with Crippen LogP contribution < -0.4 is 0 Å². The van der Waals surface area contributed by atoms with Gasteiger partial charge in [0.15, 0.2) is 0 Å². The van der Waals surface area contributed by atoms with Crippen molar-refractivity contribution in [2.24, 2.45) is 0 Å². The summed E-state index contributed by atoms with van der Waals surface area (Å²) in [6.07, 6.45) is 2.70. The fourth-order valence-electron chi connectivity index (χ4n) is 1.30. The van der Waals surface area contributed by atoms with Crippen molar-refractivity contribution in [2.75, 3.05) is 19.8 Å². The molecule has 1 aromatic rings. The van der Waals surface area contributed by atoms with Crippen molar-refractivity contribution in [3.63, 3.8) is 0 Å². The molecule has 19 heavy (non-hydrogen) atoms. The molecule has 0 unspecified atom stereocenters. The normalized spacial score (nSPS) is 10.6. The first-order chi connectivity index (χ1) is 9.13. The van der Waals surface area contributed by atoms with Gasteiger partial charge in [0.05, 0.1) is 11.5 Å². The molecule has 0 fully saturated rings. The number of hydrogen-bond acceptors (Lipinski definition) is 5. The second kappa shape index (κ2) is 7.99. The van der Waals surface area contributed by atoms with Crippen LogP contribution in [0.15, 0.2) is 30.3 Å². The monoisotopic (exact) mass is 265 g/mol. The van der Waals surface area contributed by atoms with Gasteiger partial charge in [0.1, 0.15) is 6.61 Å². The molecule has 0 amide bonds. The van der Waals surface area contributed by atoms with Gasteiger partial charge in [-0.3, -0.25) is 10.1 Å². The Morgan fingerprint density at radius 1 is 1.42 bits per heavy atom. The number of nitrogens with zero attached hydrogens (tertiary/aromatic N) is 1. The minimum atomic E-state index is -0.508. The van der Waals surface area contributed by atoms with Gasteiger partial charge in [0.2, 0.25) is 0 Å². The average Bonchev–Trinajstić information content (AvgIpc) is 2.41. The van der Waals surface area contributed by atoms with Gasteiger partial charge in [-0.1, -0.05) is 12.1 Å². The van der Waals surface area contributed by atoms with Gasteiger partial charge in [-0.2, -0.15) is 0 Å². The molecule has 102 valence electrons. The molecule has 0 aliphatic carbocycles. The average molecular weight is 265 g/mol. The molecule has 0 aliphatic rings. The minimum Gasteiger partial charge on any atom is -0.460 e. The fourth-order valence-corrected chi connectivity index (χ4v) is 1.30. The first-order valence-corrected chi connectivity index (χ1v) is 5.80. The molecule has 0 atom stereocenters. The summed E-state index contributed by atoms with van der Waals surface area (Å²) in [6, 6.07) is 5.98. The lowest BCUT2D eigenvalue weighted by Crippen LogP contribution is -2.08. The van der Waals surface area contributed by atoms with Crippen molar-refractivity contribution in [3.05, 3.63) is 46.0 Å². The maximum absolute atomic E-state index is 11.3. The van der Waals surface area contributed by atoms with Gasteiger partial charge in [-0.25, -0.2) is 4.79 Å². The van der Waals surface area contributed by atoms with Crippen molar-refractivity contribution in [2.45, 2.75) is 6.92 Å². The minimum absolute atomic E-state index is 0.0214. The number of rotatable bonds is 7. The highest BCUT2D eigenvalue weighted by atomic mass is 16.6. The fraction of sp³-hybridized carbons (Fsp3) is 0.308. The summed E-state index contributed by atoms with van der Waals surface area (Å²) >= 11 is 0. The number of hydrogen-bond donors (Lipinski definition) is 0. The highest BCUT2D eigenvalue weighted by molar-refractivity contribution is 5.87. The number of ether oxygens (including phenoxy) is 2.